The molecule has 23 heavy (non-hydrogen) atoms. The number of fused-ring (bicyclic) bond motifs is 1. The van der Waals surface area contributed by atoms with Gasteiger partial charge in [-0.2, -0.15) is 0 Å². The van der Waals surface area contributed by atoms with E-state index in [1.54, 1.807) is 6.20 Å². The number of para-hydroxylation sites is 1. The van der Waals surface area contributed by atoms with Crippen LogP contribution in [-0.2, 0) is 14.8 Å². The number of ether oxygens (including phenoxy) is 1. The third-order valence-electron chi connectivity index (χ3n) is 2.99. The monoisotopic (exact) mass is 337 g/mol. The fourth-order valence-electron chi connectivity index (χ4n) is 1.98. The minimum absolute atomic E-state index is 0.0821. The number of nitrogens with one attached hydrogen (secondary N) is 2. The van der Waals surface area contributed by atoms with Crippen molar-refractivity contribution in [3.8, 4) is 5.75 Å². The van der Waals surface area contributed by atoms with Crippen LogP contribution in [0.15, 0.2) is 36.5 Å². The molecular formula is C15H19N3O4S. The Labute approximate surface area is 135 Å². The summed E-state index contributed by atoms with van der Waals surface area (Å²) < 4.78 is 29.6. The van der Waals surface area contributed by atoms with Crippen molar-refractivity contribution in [2.45, 2.75) is 6.42 Å². The molecule has 0 fully saturated rings. The van der Waals surface area contributed by atoms with Gasteiger partial charge in [0, 0.05) is 24.5 Å². The molecule has 0 aliphatic rings. The molecule has 0 saturated heterocycles. The number of amides is 1. The third kappa shape index (κ3) is 5.84. The molecule has 0 spiro atoms. The zero-order valence-corrected chi connectivity index (χ0v) is 13.6. The Balaban J connectivity index is 1.74. The molecule has 1 aromatic carbocycles. The van der Waals surface area contributed by atoms with Crippen molar-refractivity contribution in [3.05, 3.63) is 36.5 Å². The average molecular weight is 337 g/mol. The van der Waals surface area contributed by atoms with Crippen molar-refractivity contribution >= 4 is 26.8 Å². The number of pyridine rings is 1. The number of carbonyl (C=O) groups is 1. The summed E-state index contributed by atoms with van der Waals surface area (Å²) in [4.78, 5) is 15.8. The summed E-state index contributed by atoms with van der Waals surface area (Å²) in [7, 11) is -3.26. The van der Waals surface area contributed by atoms with Gasteiger partial charge >= 0.3 is 0 Å². The molecular weight excluding hydrogens is 318 g/mol. The fraction of sp³-hybridized carbons (Fsp3) is 0.333. The van der Waals surface area contributed by atoms with Gasteiger partial charge in [-0.05, 0) is 12.1 Å². The predicted molar refractivity (Wildman–Crippen MR) is 87.7 cm³/mol. The molecule has 2 N–H and O–H groups in total. The van der Waals surface area contributed by atoms with E-state index in [-0.39, 0.29) is 18.9 Å². The Morgan fingerprint density at radius 1 is 1.22 bits per heavy atom. The molecule has 1 amide bonds. The van der Waals surface area contributed by atoms with Crippen LogP contribution in [0.3, 0.4) is 0 Å². The van der Waals surface area contributed by atoms with Crippen LogP contribution < -0.4 is 14.8 Å². The molecule has 0 saturated carbocycles. The molecule has 0 aliphatic carbocycles. The van der Waals surface area contributed by atoms with Gasteiger partial charge in [-0.15, -0.1) is 0 Å². The van der Waals surface area contributed by atoms with Gasteiger partial charge in [0.25, 0.3) is 0 Å². The van der Waals surface area contributed by atoms with Crippen molar-refractivity contribution in [1.82, 2.24) is 15.0 Å². The minimum atomic E-state index is -3.26. The predicted octanol–water partition coefficient (Wildman–Crippen LogP) is 0.669. The zero-order valence-electron chi connectivity index (χ0n) is 12.8. The second-order valence-corrected chi connectivity index (χ2v) is 6.78. The molecule has 2 rings (SSSR count). The molecule has 0 unspecified atom stereocenters. The van der Waals surface area contributed by atoms with E-state index in [2.05, 4.69) is 15.0 Å². The highest BCUT2D eigenvalue weighted by atomic mass is 32.2. The number of sulfonamides is 1. The summed E-state index contributed by atoms with van der Waals surface area (Å²) in [5, 5.41) is 3.65. The van der Waals surface area contributed by atoms with Crippen LogP contribution in [0.5, 0.6) is 5.75 Å². The van der Waals surface area contributed by atoms with E-state index in [9.17, 15) is 13.2 Å². The maximum Gasteiger partial charge on any atom is 0.221 e. The van der Waals surface area contributed by atoms with Gasteiger partial charge in [-0.1, -0.05) is 18.2 Å². The van der Waals surface area contributed by atoms with Gasteiger partial charge in [-0.25, -0.2) is 13.1 Å². The Morgan fingerprint density at radius 2 is 2.00 bits per heavy atom. The third-order valence-corrected chi connectivity index (χ3v) is 3.72. The molecule has 8 heteroatoms. The van der Waals surface area contributed by atoms with Crippen molar-refractivity contribution in [2.75, 3.05) is 26.0 Å². The van der Waals surface area contributed by atoms with Crippen LogP contribution in [-0.4, -0.2) is 45.3 Å². The van der Waals surface area contributed by atoms with E-state index in [1.807, 2.05) is 30.3 Å². The highest BCUT2D eigenvalue weighted by molar-refractivity contribution is 7.88. The first kappa shape index (κ1) is 17.2. The average Bonchev–Trinajstić information content (AvgIpc) is 2.50. The number of hydrogen-bond acceptors (Lipinski definition) is 5. The van der Waals surface area contributed by atoms with Gasteiger partial charge in [0.1, 0.15) is 17.9 Å². The summed E-state index contributed by atoms with van der Waals surface area (Å²) >= 11 is 0. The SMILES string of the molecule is CS(=O)(=O)NCCC(=O)NCCOc1cccc2cccnc12. The molecule has 7 nitrogen and oxygen atoms in total. The lowest BCUT2D eigenvalue weighted by molar-refractivity contribution is -0.121. The largest absolute Gasteiger partial charge is 0.489 e. The van der Waals surface area contributed by atoms with Crippen LogP contribution in [0.2, 0.25) is 0 Å². The van der Waals surface area contributed by atoms with Crippen molar-refractivity contribution in [2.24, 2.45) is 0 Å². The molecule has 0 radical (unpaired) electrons. The summed E-state index contributed by atoms with van der Waals surface area (Å²) in [5.41, 5.74) is 0.777. The lowest BCUT2D eigenvalue weighted by Gasteiger charge is -2.09. The standard InChI is InChI=1S/C15H19N3O4S/c1-23(20,21)18-9-7-14(19)16-10-11-22-13-6-2-4-12-5-3-8-17-15(12)13/h2-6,8,18H,7,9-11H2,1H3,(H,16,19). The number of aromatic nitrogens is 1. The maximum atomic E-state index is 11.5. The van der Waals surface area contributed by atoms with E-state index in [0.29, 0.717) is 18.9 Å². The number of rotatable bonds is 8. The molecule has 0 aliphatic heterocycles. The number of nitrogens with zero attached hydrogens (tertiary/aromatic N) is 1. The Hall–Kier alpha value is -2.19. The number of carbonyl (C=O) groups excluding carboxylic acids is 1. The topological polar surface area (TPSA) is 97.4 Å². The number of benzene rings is 1. The van der Waals surface area contributed by atoms with Gasteiger partial charge < -0.3 is 10.1 Å². The highest BCUT2D eigenvalue weighted by Crippen LogP contribution is 2.22. The highest BCUT2D eigenvalue weighted by Gasteiger charge is 2.05. The maximum absolute atomic E-state index is 11.5. The lowest BCUT2D eigenvalue weighted by Crippen LogP contribution is -2.32. The quantitative estimate of drug-likeness (QED) is 0.690. The van der Waals surface area contributed by atoms with Crippen LogP contribution in [0.4, 0.5) is 0 Å². The van der Waals surface area contributed by atoms with E-state index in [4.69, 9.17) is 4.74 Å². The fourth-order valence-corrected chi connectivity index (χ4v) is 2.46. The van der Waals surface area contributed by atoms with Crippen LogP contribution in [0.1, 0.15) is 6.42 Å². The normalized spacial score (nSPS) is 11.3. The van der Waals surface area contributed by atoms with Crippen molar-refractivity contribution in [3.63, 3.8) is 0 Å². The van der Waals surface area contributed by atoms with Crippen LogP contribution >= 0.6 is 0 Å². The van der Waals surface area contributed by atoms with Gasteiger partial charge in [0.2, 0.25) is 15.9 Å². The first-order valence-electron chi connectivity index (χ1n) is 7.13. The zero-order chi connectivity index (χ0) is 16.7. The van der Waals surface area contributed by atoms with Crippen LogP contribution in [0.25, 0.3) is 10.9 Å². The van der Waals surface area contributed by atoms with Gasteiger partial charge in [0.05, 0.1) is 12.8 Å². The van der Waals surface area contributed by atoms with Gasteiger partial charge in [-0.3, -0.25) is 9.78 Å². The number of hydrogen-bond donors (Lipinski definition) is 2. The lowest BCUT2D eigenvalue weighted by atomic mass is 10.2. The minimum Gasteiger partial charge on any atom is -0.489 e. The van der Waals surface area contributed by atoms with Crippen molar-refractivity contribution < 1.29 is 17.9 Å². The molecule has 124 valence electrons. The molecule has 0 bridgehead atoms. The Kier molecular flexibility index (Phi) is 5.89. The smallest absolute Gasteiger partial charge is 0.221 e. The second kappa shape index (κ2) is 7.89. The Morgan fingerprint density at radius 3 is 2.78 bits per heavy atom. The van der Waals surface area contributed by atoms with E-state index < -0.39 is 10.0 Å². The second-order valence-electron chi connectivity index (χ2n) is 4.95. The van der Waals surface area contributed by atoms with E-state index >= 15 is 0 Å². The summed E-state index contributed by atoms with van der Waals surface area (Å²) in [5.74, 6) is 0.428. The molecule has 2 aromatic rings. The summed E-state index contributed by atoms with van der Waals surface area (Å²) in [6.45, 7) is 0.723. The van der Waals surface area contributed by atoms with E-state index in [1.165, 1.54) is 0 Å². The van der Waals surface area contributed by atoms with Crippen molar-refractivity contribution in [1.29, 1.82) is 0 Å². The Bertz CT molecular complexity index is 772. The molecule has 0 atom stereocenters. The van der Waals surface area contributed by atoms with Crippen LogP contribution in [0, 0.1) is 0 Å². The van der Waals surface area contributed by atoms with E-state index in [0.717, 1.165) is 17.2 Å². The summed E-state index contributed by atoms with van der Waals surface area (Å²) in [6.07, 6.45) is 2.84. The van der Waals surface area contributed by atoms with Gasteiger partial charge in [0.15, 0.2) is 0 Å². The molecule has 1 heterocycles. The molecule has 1 aromatic heterocycles. The first-order valence-corrected chi connectivity index (χ1v) is 9.03. The first-order chi connectivity index (χ1) is 11.0. The summed E-state index contributed by atoms with van der Waals surface area (Å²) in [6, 6.07) is 9.47.